The number of alkyl halides is 3. The first-order chi connectivity index (χ1) is 19.7. The molecule has 2 aromatic rings. The monoisotopic (exact) mass is 572 g/mol. The molecule has 9 nitrogen and oxygen atoms in total. The maximum absolute atomic E-state index is 12.6. The maximum atomic E-state index is 12.6. The van der Waals surface area contributed by atoms with Gasteiger partial charge in [0, 0.05) is 63.6 Å². The molecule has 0 atom stereocenters. The first kappa shape index (κ1) is 27.0. The smallest absolute Gasteiger partial charge is 0.406 e. The van der Waals surface area contributed by atoms with Crippen molar-refractivity contribution in [2.24, 2.45) is 17.8 Å². The van der Waals surface area contributed by atoms with Crippen LogP contribution >= 0.6 is 0 Å². The molecule has 1 aromatic heterocycles. The quantitative estimate of drug-likeness (QED) is 0.544. The molecule has 2 aliphatic heterocycles. The van der Waals surface area contributed by atoms with Gasteiger partial charge in [-0.1, -0.05) is 0 Å². The number of hydrogen-bond acceptors (Lipinski definition) is 9. The zero-order chi connectivity index (χ0) is 28.2. The SMILES string of the molecule is CN1CCN(c2nc(Nc3ccc(OC(F)(F)F)cc3)nc(N3CCN(C45CC6CC(CC(C6)C4)C5)CC3)n2)CC1. The molecule has 6 fully saturated rings. The van der Waals surface area contributed by atoms with Crippen molar-refractivity contribution in [3.05, 3.63) is 24.3 Å². The highest BCUT2D eigenvalue weighted by molar-refractivity contribution is 5.57. The number of aromatic nitrogens is 3. The number of rotatable bonds is 6. The van der Waals surface area contributed by atoms with Gasteiger partial charge in [0.2, 0.25) is 17.8 Å². The second kappa shape index (κ2) is 10.4. The van der Waals surface area contributed by atoms with Crippen molar-refractivity contribution in [1.82, 2.24) is 24.8 Å². The predicted molar refractivity (Wildman–Crippen MR) is 151 cm³/mol. The average molecular weight is 573 g/mol. The van der Waals surface area contributed by atoms with Gasteiger partial charge in [0.05, 0.1) is 0 Å². The number of halogens is 3. The Morgan fingerprint density at radius 1 is 0.756 bits per heavy atom. The highest BCUT2D eigenvalue weighted by Crippen LogP contribution is 2.57. The van der Waals surface area contributed by atoms with Gasteiger partial charge in [0.1, 0.15) is 5.75 Å². The minimum atomic E-state index is -4.73. The summed E-state index contributed by atoms with van der Waals surface area (Å²) in [6.45, 7) is 7.28. The highest BCUT2D eigenvalue weighted by atomic mass is 19.4. The standard InChI is InChI=1S/C29H39F3N8O/c1-37-6-8-38(9-7-37)26-34-25(33-23-2-4-24(5-3-23)41-29(30,31)32)35-27(36-26)39-10-12-40(13-11-39)28-17-20-14-21(18-28)16-22(15-20)19-28/h2-5,20-22H,6-19H2,1H3,(H,33,34,35,36). The fourth-order valence-electron chi connectivity index (χ4n) is 8.40. The van der Waals surface area contributed by atoms with Crippen LogP contribution in [0.5, 0.6) is 5.75 Å². The summed E-state index contributed by atoms with van der Waals surface area (Å²) < 4.78 is 41.8. The van der Waals surface area contributed by atoms with E-state index in [1.165, 1.54) is 62.8 Å². The highest BCUT2D eigenvalue weighted by Gasteiger charge is 2.53. The lowest BCUT2D eigenvalue weighted by Gasteiger charge is -2.61. The van der Waals surface area contributed by atoms with Crippen LogP contribution < -0.4 is 19.9 Å². The summed E-state index contributed by atoms with van der Waals surface area (Å²) in [6.07, 6.45) is 3.75. The molecule has 0 spiro atoms. The lowest BCUT2D eigenvalue weighted by Crippen LogP contribution is -2.64. The molecule has 4 bridgehead atoms. The molecule has 4 aliphatic carbocycles. The van der Waals surface area contributed by atoms with Gasteiger partial charge in [-0.2, -0.15) is 15.0 Å². The van der Waals surface area contributed by atoms with Gasteiger partial charge in [-0.15, -0.1) is 13.2 Å². The van der Waals surface area contributed by atoms with Crippen LogP contribution in [0.3, 0.4) is 0 Å². The lowest BCUT2D eigenvalue weighted by molar-refractivity contribution is -0.274. The lowest BCUT2D eigenvalue weighted by atomic mass is 9.52. The van der Waals surface area contributed by atoms with Gasteiger partial charge in [0.25, 0.3) is 0 Å². The Morgan fingerprint density at radius 2 is 1.27 bits per heavy atom. The van der Waals surface area contributed by atoms with Crippen molar-refractivity contribution in [2.45, 2.75) is 50.4 Å². The first-order valence-corrected chi connectivity index (χ1v) is 15.0. The molecule has 3 heterocycles. The van der Waals surface area contributed by atoms with Gasteiger partial charge in [0.15, 0.2) is 0 Å². The van der Waals surface area contributed by atoms with Gasteiger partial charge in [-0.05, 0) is 87.6 Å². The van der Waals surface area contributed by atoms with E-state index in [1.807, 2.05) is 0 Å². The predicted octanol–water partition coefficient (Wildman–Crippen LogP) is 4.36. The Morgan fingerprint density at radius 3 is 1.78 bits per heavy atom. The summed E-state index contributed by atoms with van der Waals surface area (Å²) in [5.74, 6) is 4.18. The van der Waals surface area contributed by atoms with E-state index in [4.69, 9.17) is 15.0 Å². The summed E-state index contributed by atoms with van der Waals surface area (Å²) in [6, 6.07) is 5.63. The minimum Gasteiger partial charge on any atom is -0.406 e. The molecule has 12 heteroatoms. The number of likely N-dealkylation sites (N-methyl/N-ethyl adjacent to an activating group) is 1. The Bertz CT molecular complexity index is 1190. The van der Waals surface area contributed by atoms with E-state index in [0.29, 0.717) is 29.1 Å². The van der Waals surface area contributed by atoms with Gasteiger partial charge in [-0.3, -0.25) is 4.90 Å². The van der Waals surface area contributed by atoms with E-state index in [-0.39, 0.29) is 5.75 Å². The Kier molecular flexibility index (Phi) is 6.88. The Labute approximate surface area is 239 Å². The molecule has 222 valence electrons. The van der Waals surface area contributed by atoms with Crippen LogP contribution in [0.25, 0.3) is 0 Å². The second-order valence-electron chi connectivity index (χ2n) is 12.9. The minimum absolute atomic E-state index is 0.269. The molecular formula is C29H39F3N8O. The third kappa shape index (κ3) is 5.77. The molecule has 1 aromatic carbocycles. The van der Waals surface area contributed by atoms with Crippen LogP contribution in [0.15, 0.2) is 24.3 Å². The van der Waals surface area contributed by atoms with E-state index in [2.05, 4.69) is 36.7 Å². The molecule has 4 saturated carbocycles. The van der Waals surface area contributed by atoms with E-state index in [0.717, 1.165) is 70.1 Å². The molecule has 1 N–H and O–H groups in total. The van der Waals surface area contributed by atoms with Gasteiger partial charge >= 0.3 is 6.36 Å². The third-order valence-electron chi connectivity index (χ3n) is 9.98. The van der Waals surface area contributed by atoms with Crippen molar-refractivity contribution in [1.29, 1.82) is 0 Å². The van der Waals surface area contributed by atoms with E-state index in [9.17, 15) is 13.2 Å². The molecule has 41 heavy (non-hydrogen) atoms. The van der Waals surface area contributed by atoms with Gasteiger partial charge in [-0.25, -0.2) is 0 Å². The number of ether oxygens (including phenoxy) is 1. The van der Waals surface area contributed by atoms with Gasteiger partial charge < -0.3 is 24.8 Å². The average Bonchev–Trinajstić information content (AvgIpc) is 2.93. The van der Waals surface area contributed by atoms with Crippen molar-refractivity contribution in [3.8, 4) is 5.75 Å². The largest absolute Gasteiger partial charge is 0.573 e. The van der Waals surface area contributed by atoms with Crippen LogP contribution in [-0.4, -0.2) is 96.1 Å². The number of piperazine rings is 2. The summed E-state index contributed by atoms with van der Waals surface area (Å²) in [4.78, 5) is 24.0. The van der Waals surface area contributed by atoms with Crippen molar-refractivity contribution >= 4 is 23.5 Å². The Balaban J connectivity index is 1.08. The van der Waals surface area contributed by atoms with Crippen LogP contribution in [0, 0.1) is 17.8 Å². The summed E-state index contributed by atoms with van der Waals surface area (Å²) >= 11 is 0. The fourth-order valence-corrected chi connectivity index (χ4v) is 8.40. The number of hydrogen-bond donors (Lipinski definition) is 1. The molecule has 8 rings (SSSR count). The molecule has 0 amide bonds. The summed E-state index contributed by atoms with van der Waals surface area (Å²) in [5.41, 5.74) is 0.979. The summed E-state index contributed by atoms with van der Waals surface area (Å²) in [5, 5.41) is 3.19. The van der Waals surface area contributed by atoms with Crippen LogP contribution in [0.2, 0.25) is 0 Å². The number of nitrogens with one attached hydrogen (secondary N) is 1. The van der Waals surface area contributed by atoms with Crippen molar-refractivity contribution in [2.75, 3.05) is 74.5 Å². The second-order valence-corrected chi connectivity index (χ2v) is 12.9. The van der Waals surface area contributed by atoms with E-state index in [1.54, 1.807) is 0 Å². The number of nitrogens with zero attached hydrogens (tertiary/aromatic N) is 7. The molecular weight excluding hydrogens is 533 g/mol. The first-order valence-electron chi connectivity index (χ1n) is 15.0. The molecule has 0 radical (unpaired) electrons. The van der Waals surface area contributed by atoms with Crippen LogP contribution in [-0.2, 0) is 0 Å². The number of anilines is 4. The summed E-state index contributed by atoms with van der Waals surface area (Å²) in [7, 11) is 2.11. The zero-order valence-corrected chi connectivity index (χ0v) is 23.6. The van der Waals surface area contributed by atoms with E-state index < -0.39 is 6.36 Å². The Hall–Kier alpha value is -2.86. The normalized spacial score (nSPS) is 30.6. The molecule has 6 aliphatic rings. The topological polar surface area (TPSA) is 72.9 Å². The van der Waals surface area contributed by atoms with Crippen LogP contribution in [0.4, 0.5) is 36.7 Å². The zero-order valence-electron chi connectivity index (χ0n) is 23.6. The third-order valence-corrected chi connectivity index (χ3v) is 9.98. The van der Waals surface area contributed by atoms with Crippen molar-refractivity contribution < 1.29 is 17.9 Å². The maximum Gasteiger partial charge on any atom is 0.573 e. The molecule has 0 unspecified atom stereocenters. The van der Waals surface area contributed by atoms with Crippen molar-refractivity contribution in [3.63, 3.8) is 0 Å². The van der Waals surface area contributed by atoms with Crippen LogP contribution in [0.1, 0.15) is 38.5 Å². The number of benzene rings is 1. The fraction of sp³-hybridized carbons (Fsp3) is 0.690. The molecule has 2 saturated heterocycles. The van der Waals surface area contributed by atoms with E-state index >= 15 is 0 Å².